The Morgan fingerprint density at radius 2 is 1.78 bits per heavy atom. The van der Waals surface area contributed by atoms with Crippen LogP contribution in [0.1, 0.15) is 41.1 Å². The van der Waals surface area contributed by atoms with E-state index in [1.165, 1.54) is 22.8 Å². The largest absolute Gasteiger partial charge is 0.398 e. The molecule has 0 spiro atoms. The first kappa shape index (κ1) is 23.4. The summed E-state index contributed by atoms with van der Waals surface area (Å²) in [6.45, 7) is 4.01. The first-order chi connectivity index (χ1) is 17.4. The molecule has 5 aromatic rings. The van der Waals surface area contributed by atoms with Gasteiger partial charge in [-0.1, -0.05) is 42.0 Å². The van der Waals surface area contributed by atoms with E-state index in [-0.39, 0.29) is 17.2 Å². The Hall–Kier alpha value is -4.32. The molecule has 0 amide bonds. The molecular weight excluding hydrogens is 448 g/mol. The standard InChI is InChI=1S/C20H20N2O.C10H10N2O/c1-14-9-11-19-16(13-14)10-12-20(23)22(19)21-18-8-4-6-15-5-2-3-7-17(15)18;1-6-2-4-8-7(10(6)11)3-5-9(13)12-8/h2-3,5,7,9-13,18,21H,4,6,8H2,1H3;2-5H,11H2,1H3,(H,12,13). The predicted octanol–water partition coefficient (Wildman–Crippen LogP) is 5.35. The number of nitrogen functional groups attached to an aromatic ring is 1. The fourth-order valence-electron chi connectivity index (χ4n) is 4.91. The van der Waals surface area contributed by atoms with Crippen molar-refractivity contribution >= 4 is 27.5 Å². The molecule has 0 bridgehead atoms. The van der Waals surface area contributed by atoms with Crippen LogP contribution in [0.15, 0.2) is 88.5 Å². The van der Waals surface area contributed by atoms with Gasteiger partial charge in [0.2, 0.25) is 5.56 Å². The number of fused-ring (bicyclic) bond motifs is 3. The van der Waals surface area contributed by atoms with Crippen LogP contribution in [0, 0.1) is 13.8 Å². The average molecular weight is 479 g/mol. The highest BCUT2D eigenvalue weighted by atomic mass is 16.1. The van der Waals surface area contributed by atoms with Crippen molar-refractivity contribution < 1.29 is 0 Å². The smallest absolute Gasteiger partial charge is 0.269 e. The second-order valence-corrected chi connectivity index (χ2v) is 9.42. The van der Waals surface area contributed by atoms with Crippen LogP contribution in [-0.2, 0) is 6.42 Å². The number of anilines is 1. The summed E-state index contributed by atoms with van der Waals surface area (Å²) in [6, 6.07) is 25.4. The molecular formula is C30H30N4O2. The Bertz CT molecular complexity index is 1680. The van der Waals surface area contributed by atoms with Gasteiger partial charge in [-0.05, 0) is 80.1 Å². The first-order valence-corrected chi connectivity index (χ1v) is 12.3. The molecule has 2 heterocycles. The van der Waals surface area contributed by atoms with E-state index in [2.05, 4.69) is 53.7 Å². The summed E-state index contributed by atoms with van der Waals surface area (Å²) in [4.78, 5) is 26.1. The zero-order valence-corrected chi connectivity index (χ0v) is 20.5. The fourth-order valence-corrected chi connectivity index (χ4v) is 4.91. The van der Waals surface area contributed by atoms with Crippen molar-refractivity contribution in [2.75, 3.05) is 11.2 Å². The zero-order chi connectivity index (χ0) is 25.2. The molecule has 182 valence electrons. The minimum Gasteiger partial charge on any atom is -0.398 e. The molecule has 4 N–H and O–H groups in total. The van der Waals surface area contributed by atoms with Crippen molar-refractivity contribution in [3.8, 4) is 0 Å². The third-order valence-corrected chi connectivity index (χ3v) is 6.87. The third-order valence-electron chi connectivity index (χ3n) is 6.87. The summed E-state index contributed by atoms with van der Waals surface area (Å²) < 4.78 is 1.71. The molecule has 0 fully saturated rings. The third kappa shape index (κ3) is 4.62. The molecule has 36 heavy (non-hydrogen) atoms. The van der Waals surface area contributed by atoms with Crippen molar-refractivity contribution in [2.45, 2.75) is 39.2 Å². The number of pyridine rings is 2. The van der Waals surface area contributed by atoms with E-state index in [0.29, 0.717) is 0 Å². The van der Waals surface area contributed by atoms with Gasteiger partial charge in [-0.2, -0.15) is 0 Å². The van der Waals surface area contributed by atoms with E-state index in [1.807, 2.05) is 31.2 Å². The number of hydrogen-bond donors (Lipinski definition) is 3. The molecule has 0 saturated heterocycles. The molecule has 1 unspecified atom stereocenters. The van der Waals surface area contributed by atoms with Crippen molar-refractivity contribution in [3.05, 3.63) is 122 Å². The highest BCUT2D eigenvalue weighted by Gasteiger charge is 2.20. The summed E-state index contributed by atoms with van der Waals surface area (Å²) in [7, 11) is 0. The highest BCUT2D eigenvalue weighted by Crippen LogP contribution is 2.30. The van der Waals surface area contributed by atoms with Crippen LogP contribution >= 0.6 is 0 Å². The van der Waals surface area contributed by atoms with Crippen molar-refractivity contribution in [2.24, 2.45) is 0 Å². The highest BCUT2D eigenvalue weighted by molar-refractivity contribution is 5.91. The molecule has 3 aromatic carbocycles. The van der Waals surface area contributed by atoms with E-state index >= 15 is 0 Å². The molecule has 0 radical (unpaired) electrons. The van der Waals surface area contributed by atoms with E-state index in [1.54, 1.807) is 16.8 Å². The number of hydrogen-bond acceptors (Lipinski definition) is 4. The molecule has 6 rings (SSSR count). The summed E-state index contributed by atoms with van der Waals surface area (Å²) in [5.74, 6) is 0. The van der Waals surface area contributed by atoms with Gasteiger partial charge in [0.25, 0.3) is 5.56 Å². The maximum atomic E-state index is 12.4. The number of rotatable bonds is 2. The SMILES string of the molecule is Cc1ccc2[nH]c(=O)ccc2c1N.Cc1ccc2c(ccc(=O)n2NC2CCCc3ccccc32)c1. The Labute approximate surface area is 209 Å². The Morgan fingerprint density at radius 1 is 0.944 bits per heavy atom. The molecule has 6 heteroatoms. The Kier molecular flexibility index (Phi) is 6.34. The van der Waals surface area contributed by atoms with E-state index in [9.17, 15) is 9.59 Å². The normalized spacial score (nSPS) is 14.7. The molecule has 6 nitrogen and oxygen atoms in total. The van der Waals surface area contributed by atoms with Crippen LogP contribution in [0.3, 0.4) is 0 Å². The quantitative estimate of drug-likeness (QED) is 0.298. The fraction of sp³-hybridized carbons (Fsp3) is 0.200. The summed E-state index contributed by atoms with van der Waals surface area (Å²) >= 11 is 0. The minimum absolute atomic E-state index is 0.00981. The number of benzene rings is 3. The molecule has 0 saturated carbocycles. The van der Waals surface area contributed by atoms with Crippen LogP contribution in [0.25, 0.3) is 21.8 Å². The zero-order valence-electron chi connectivity index (χ0n) is 20.5. The van der Waals surface area contributed by atoms with Gasteiger partial charge in [-0.15, -0.1) is 0 Å². The number of nitrogens with two attached hydrogens (primary N) is 1. The number of H-pyrrole nitrogens is 1. The van der Waals surface area contributed by atoms with Gasteiger partial charge in [-0.3, -0.25) is 9.59 Å². The Balaban J connectivity index is 0.000000174. The maximum absolute atomic E-state index is 12.4. The van der Waals surface area contributed by atoms with E-state index < -0.39 is 0 Å². The number of aryl methyl sites for hydroxylation is 3. The van der Waals surface area contributed by atoms with Gasteiger partial charge in [0.15, 0.2) is 0 Å². The van der Waals surface area contributed by atoms with Crippen LogP contribution in [-0.4, -0.2) is 9.66 Å². The van der Waals surface area contributed by atoms with Crippen LogP contribution in [0.2, 0.25) is 0 Å². The van der Waals surface area contributed by atoms with Gasteiger partial charge >= 0.3 is 0 Å². The van der Waals surface area contributed by atoms with Gasteiger partial charge in [0.05, 0.1) is 17.1 Å². The van der Waals surface area contributed by atoms with Gasteiger partial charge in [-0.25, -0.2) is 4.68 Å². The second-order valence-electron chi connectivity index (χ2n) is 9.42. The number of nitrogens with one attached hydrogen (secondary N) is 2. The van der Waals surface area contributed by atoms with Crippen LogP contribution in [0.5, 0.6) is 0 Å². The summed E-state index contributed by atoms with van der Waals surface area (Å²) in [5.41, 5.74) is 16.6. The van der Waals surface area contributed by atoms with Crippen molar-refractivity contribution in [1.29, 1.82) is 0 Å². The second kappa shape index (κ2) is 9.74. The van der Waals surface area contributed by atoms with Gasteiger partial charge in [0.1, 0.15) is 0 Å². The summed E-state index contributed by atoms with van der Waals surface area (Å²) in [6.07, 6.45) is 3.32. The maximum Gasteiger partial charge on any atom is 0.269 e. The van der Waals surface area contributed by atoms with Crippen LogP contribution < -0.4 is 22.3 Å². The van der Waals surface area contributed by atoms with E-state index in [4.69, 9.17) is 5.73 Å². The monoisotopic (exact) mass is 478 g/mol. The predicted molar refractivity (Wildman–Crippen MR) is 148 cm³/mol. The molecule has 1 aliphatic rings. The lowest BCUT2D eigenvalue weighted by atomic mass is 9.88. The summed E-state index contributed by atoms with van der Waals surface area (Å²) in [5, 5.41) is 1.99. The minimum atomic E-state index is -0.101. The van der Waals surface area contributed by atoms with Crippen molar-refractivity contribution in [1.82, 2.24) is 9.66 Å². The lowest BCUT2D eigenvalue weighted by Crippen LogP contribution is -2.33. The lowest BCUT2D eigenvalue weighted by molar-refractivity contribution is 0.555. The van der Waals surface area contributed by atoms with Crippen LogP contribution in [0.4, 0.5) is 5.69 Å². The number of nitrogens with zero attached hydrogens (tertiary/aromatic N) is 1. The van der Waals surface area contributed by atoms with Crippen molar-refractivity contribution in [3.63, 3.8) is 0 Å². The van der Waals surface area contributed by atoms with E-state index in [0.717, 1.165) is 52.3 Å². The Morgan fingerprint density at radius 3 is 2.64 bits per heavy atom. The van der Waals surface area contributed by atoms with Gasteiger partial charge < -0.3 is 16.1 Å². The van der Waals surface area contributed by atoms with Gasteiger partial charge in [0, 0.05) is 28.6 Å². The topological polar surface area (TPSA) is 92.9 Å². The average Bonchev–Trinajstić information content (AvgIpc) is 2.88. The molecule has 1 atom stereocenters. The first-order valence-electron chi connectivity index (χ1n) is 12.3. The number of aromatic nitrogens is 2. The number of aromatic amines is 1. The molecule has 2 aromatic heterocycles. The molecule has 0 aliphatic heterocycles. The lowest BCUT2D eigenvalue weighted by Gasteiger charge is -2.28. The molecule has 1 aliphatic carbocycles.